The van der Waals surface area contributed by atoms with Crippen LogP contribution < -0.4 is 4.90 Å². The summed E-state index contributed by atoms with van der Waals surface area (Å²) >= 11 is 0. The summed E-state index contributed by atoms with van der Waals surface area (Å²) in [5.74, 6) is -1.04. The minimum absolute atomic E-state index is 0.0708. The average molecular weight is 477 g/mol. The summed E-state index contributed by atoms with van der Waals surface area (Å²) in [6.07, 6.45) is 0.342. The summed E-state index contributed by atoms with van der Waals surface area (Å²) in [6.45, 7) is 12.8. The Balaban J connectivity index is 2.18. The van der Waals surface area contributed by atoms with E-state index in [0.29, 0.717) is 18.1 Å². The van der Waals surface area contributed by atoms with Crippen molar-refractivity contribution in [1.29, 1.82) is 0 Å². The molecule has 10 heteroatoms. The van der Waals surface area contributed by atoms with Gasteiger partial charge in [-0.25, -0.2) is 14.4 Å². The molecule has 1 saturated heterocycles. The summed E-state index contributed by atoms with van der Waals surface area (Å²) in [5, 5.41) is 0. The molecule has 34 heavy (non-hydrogen) atoms. The smallest absolute Gasteiger partial charge is 0.427 e. The van der Waals surface area contributed by atoms with Crippen LogP contribution in [0.3, 0.4) is 0 Å². The van der Waals surface area contributed by atoms with Gasteiger partial charge in [0.15, 0.2) is 11.1 Å². The lowest BCUT2D eigenvalue weighted by Crippen LogP contribution is -2.44. The van der Waals surface area contributed by atoms with Crippen molar-refractivity contribution in [2.24, 2.45) is 0 Å². The standard InChI is InChI=1S/C24H32N2O8/c1-8-31-20(27)17-18-16(11-15(12-25-18)14-9-10-30-13-14)32-19(17)26(21(28)33-23(2,3)4)22(29)34-24(5,6)7/h11-12,14H,8-10,13H2,1-7H3. The molecule has 2 aromatic heterocycles. The molecule has 0 spiro atoms. The number of pyridine rings is 1. The van der Waals surface area contributed by atoms with Crippen LogP contribution in [0.15, 0.2) is 16.7 Å². The van der Waals surface area contributed by atoms with Crippen molar-refractivity contribution < 1.29 is 37.7 Å². The van der Waals surface area contributed by atoms with Crippen molar-refractivity contribution in [3.05, 3.63) is 23.4 Å². The van der Waals surface area contributed by atoms with E-state index in [1.807, 2.05) is 0 Å². The molecule has 0 saturated carbocycles. The summed E-state index contributed by atoms with van der Waals surface area (Å²) < 4.78 is 27.4. The number of fused-ring (bicyclic) bond motifs is 1. The molecule has 0 radical (unpaired) electrons. The maximum atomic E-state index is 13.1. The lowest BCUT2D eigenvalue weighted by Gasteiger charge is -2.27. The number of imide groups is 1. The lowest BCUT2D eigenvalue weighted by atomic mass is 10.0. The molecule has 1 unspecified atom stereocenters. The number of hydrogen-bond donors (Lipinski definition) is 0. The number of nitrogens with zero attached hydrogens (tertiary/aromatic N) is 2. The fraction of sp³-hybridized carbons (Fsp3) is 0.583. The fourth-order valence-electron chi connectivity index (χ4n) is 3.40. The van der Waals surface area contributed by atoms with Gasteiger partial charge in [0.1, 0.15) is 16.7 Å². The van der Waals surface area contributed by atoms with E-state index in [0.717, 1.165) is 12.0 Å². The predicted molar refractivity (Wildman–Crippen MR) is 123 cm³/mol. The van der Waals surface area contributed by atoms with E-state index in [1.54, 1.807) is 60.7 Å². The number of ether oxygens (including phenoxy) is 4. The first-order valence-corrected chi connectivity index (χ1v) is 11.2. The lowest BCUT2D eigenvalue weighted by molar-refractivity contribution is 0.0422. The van der Waals surface area contributed by atoms with Gasteiger partial charge in [-0.05, 0) is 66.5 Å². The third kappa shape index (κ3) is 5.85. The maximum Gasteiger partial charge on any atom is 0.427 e. The zero-order valence-corrected chi connectivity index (χ0v) is 20.7. The van der Waals surface area contributed by atoms with Crippen LogP contribution in [0, 0.1) is 0 Å². The Labute approximate surface area is 198 Å². The van der Waals surface area contributed by atoms with Gasteiger partial charge in [-0.15, -0.1) is 4.90 Å². The van der Waals surface area contributed by atoms with Crippen molar-refractivity contribution >= 4 is 35.1 Å². The van der Waals surface area contributed by atoms with Gasteiger partial charge in [-0.3, -0.25) is 4.98 Å². The van der Waals surface area contributed by atoms with Crippen LogP contribution in [0.5, 0.6) is 0 Å². The van der Waals surface area contributed by atoms with Crippen LogP contribution in [0.4, 0.5) is 15.5 Å². The number of hydrogen-bond acceptors (Lipinski definition) is 9. The number of rotatable bonds is 4. The highest BCUT2D eigenvalue weighted by Gasteiger charge is 2.39. The van der Waals surface area contributed by atoms with E-state index in [1.165, 1.54) is 0 Å². The number of anilines is 1. The third-order valence-electron chi connectivity index (χ3n) is 4.77. The molecule has 10 nitrogen and oxygen atoms in total. The van der Waals surface area contributed by atoms with E-state index in [9.17, 15) is 14.4 Å². The monoisotopic (exact) mass is 476 g/mol. The first-order chi connectivity index (χ1) is 15.8. The van der Waals surface area contributed by atoms with Crippen LogP contribution in [-0.4, -0.2) is 54.2 Å². The largest absolute Gasteiger partial charge is 0.462 e. The molecular formula is C24H32N2O8. The third-order valence-corrected chi connectivity index (χ3v) is 4.77. The van der Waals surface area contributed by atoms with Crippen molar-refractivity contribution in [1.82, 2.24) is 4.98 Å². The van der Waals surface area contributed by atoms with Gasteiger partial charge in [0.2, 0.25) is 5.88 Å². The molecule has 1 aliphatic rings. The molecule has 0 N–H and O–H groups in total. The predicted octanol–water partition coefficient (Wildman–Crippen LogP) is 5.19. The summed E-state index contributed by atoms with van der Waals surface area (Å²) in [7, 11) is 0. The Hall–Kier alpha value is -3.14. The molecule has 1 fully saturated rings. The topological polar surface area (TPSA) is 117 Å². The molecule has 1 aliphatic heterocycles. The number of esters is 1. The molecule has 186 valence electrons. The number of carbonyl (C=O) groups is 3. The van der Waals surface area contributed by atoms with Gasteiger partial charge in [0, 0.05) is 18.7 Å². The van der Waals surface area contributed by atoms with Crippen LogP contribution >= 0.6 is 0 Å². The number of carbonyl (C=O) groups excluding carboxylic acids is 3. The van der Waals surface area contributed by atoms with Gasteiger partial charge in [0.25, 0.3) is 0 Å². The first kappa shape index (κ1) is 25.5. The Morgan fingerprint density at radius 2 is 1.71 bits per heavy atom. The van der Waals surface area contributed by atoms with E-state index in [4.69, 9.17) is 23.4 Å². The number of aromatic nitrogens is 1. The Bertz CT molecular complexity index is 1040. The van der Waals surface area contributed by atoms with E-state index in [2.05, 4.69) is 4.98 Å². The molecule has 0 aliphatic carbocycles. The molecule has 0 bridgehead atoms. The first-order valence-electron chi connectivity index (χ1n) is 11.2. The van der Waals surface area contributed by atoms with Gasteiger partial charge in [-0.1, -0.05) is 0 Å². The second-order valence-corrected chi connectivity index (χ2v) is 9.97. The molecule has 1 atom stereocenters. The molecule has 3 rings (SSSR count). The Morgan fingerprint density at radius 3 is 2.21 bits per heavy atom. The second-order valence-electron chi connectivity index (χ2n) is 9.97. The average Bonchev–Trinajstić information content (AvgIpc) is 3.32. The maximum absolute atomic E-state index is 13.1. The SMILES string of the molecule is CCOC(=O)c1c(N(C(=O)OC(C)(C)C)C(=O)OC(C)(C)C)oc2cc(C3CCOC3)cnc12. The van der Waals surface area contributed by atoms with E-state index in [-0.39, 0.29) is 35.1 Å². The van der Waals surface area contributed by atoms with Crippen LogP contribution in [0.2, 0.25) is 0 Å². The Kier molecular flexibility index (Phi) is 7.21. The van der Waals surface area contributed by atoms with Crippen molar-refractivity contribution in [2.45, 2.75) is 72.0 Å². The summed E-state index contributed by atoms with van der Waals surface area (Å²) in [5.41, 5.74) is -0.778. The fourth-order valence-corrected chi connectivity index (χ4v) is 3.40. The molecule has 3 heterocycles. The normalized spacial score (nSPS) is 16.4. The molecule has 2 amide bonds. The number of amides is 2. The second kappa shape index (κ2) is 9.61. The minimum atomic E-state index is -1.06. The van der Waals surface area contributed by atoms with Crippen molar-refractivity contribution in [2.75, 3.05) is 24.7 Å². The van der Waals surface area contributed by atoms with Crippen LogP contribution in [0.25, 0.3) is 11.1 Å². The zero-order chi connectivity index (χ0) is 25.3. The van der Waals surface area contributed by atoms with Gasteiger partial charge < -0.3 is 23.4 Å². The van der Waals surface area contributed by atoms with Gasteiger partial charge >= 0.3 is 18.2 Å². The zero-order valence-electron chi connectivity index (χ0n) is 20.7. The minimum Gasteiger partial charge on any atom is -0.462 e. The van der Waals surface area contributed by atoms with Crippen molar-refractivity contribution in [3.8, 4) is 0 Å². The summed E-state index contributed by atoms with van der Waals surface area (Å²) in [4.78, 5) is 44.2. The van der Waals surface area contributed by atoms with Crippen LogP contribution in [-0.2, 0) is 18.9 Å². The Morgan fingerprint density at radius 1 is 1.09 bits per heavy atom. The van der Waals surface area contributed by atoms with Crippen LogP contribution in [0.1, 0.15) is 76.7 Å². The molecule has 0 aromatic carbocycles. The van der Waals surface area contributed by atoms with Gasteiger partial charge in [0.05, 0.1) is 13.2 Å². The van der Waals surface area contributed by atoms with Gasteiger partial charge in [-0.2, -0.15) is 0 Å². The highest BCUT2D eigenvalue weighted by atomic mass is 16.6. The highest BCUT2D eigenvalue weighted by molar-refractivity contribution is 6.16. The quantitative estimate of drug-likeness (QED) is 0.434. The highest BCUT2D eigenvalue weighted by Crippen LogP contribution is 2.36. The van der Waals surface area contributed by atoms with E-state index >= 15 is 0 Å². The van der Waals surface area contributed by atoms with Crippen molar-refractivity contribution in [3.63, 3.8) is 0 Å². The molecule has 2 aromatic rings. The van der Waals surface area contributed by atoms with E-state index < -0.39 is 29.4 Å². The molecular weight excluding hydrogens is 444 g/mol. The number of furan rings is 1. The summed E-state index contributed by atoms with van der Waals surface area (Å²) in [6, 6.07) is 1.73.